The number of methoxy groups -OCH3 is 1. The van der Waals surface area contributed by atoms with Gasteiger partial charge in [0.1, 0.15) is 0 Å². The van der Waals surface area contributed by atoms with Crippen LogP contribution in [0.3, 0.4) is 0 Å². The Morgan fingerprint density at radius 2 is 2.33 bits per heavy atom. The van der Waals surface area contributed by atoms with Gasteiger partial charge in [-0.25, -0.2) is 4.39 Å². The molecule has 15 heavy (non-hydrogen) atoms. The van der Waals surface area contributed by atoms with E-state index in [4.69, 9.17) is 5.26 Å². The molecule has 0 radical (unpaired) electrons. The largest absolute Gasteiger partial charge is 0.494 e. The van der Waals surface area contributed by atoms with Crippen LogP contribution in [-0.2, 0) is 6.42 Å². The normalized spacial score (nSPS) is 9.40. The van der Waals surface area contributed by atoms with Crippen LogP contribution in [0.4, 0.5) is 10.1 Å². The molecule has 1 aromatic carbocycles. The first-order valence-electron chi connectivity index (χ1n) is 3.98. The maximum atomic E-state index is 13.1. The van der Waals surface area contributed by atoms with Crippen molar-refractivity contribution in [1.82, 2.24) is 0 Å². The zero-order valence-electron chi connectivity index (χ0n) is 7.86. The molecule has 6 heteroatoms. The van der Waals surface area contributed by atoms with Crippen LogP contribution in [0, 0.1) is 27.3 Å². The van der Waals surface area contributed by atoms with E-state index in [2.05, 4.69) is 4.74 Å². The van der Waals surface area contributed by atoms with Gasteiger partial charge >= 0.3 is 0 Å². The second-order valence-electron chi connectivity index (χ2n) is 2.71. The van der Waals surface area contributed by atoms with Crippen LogP contribution < -0.4 is 4.74 Å². The molecule has 0 bridgehead atoms. The highest BCUT2D eigenvalue weighted by Gasteiger charge is 2.18. The van der Waals surface area contributed by atoms with Crippen molar-refractivity contribution < 1.29 is 14.1 Å². The summed E-state index contributed by atoms with van der Waals surface area (Å²) in [5, 5.41) is 19.0. The molecule has 0 spiro atoms. The summed E-state index contributed by atoms with van der Waals surface area (Å²) in [5.74, 6) is -0.920. The third kappa shape index (κ3) is 2.20. The first-order chi connectivity index (χ1) is 7.10. The summed E-state index contributed by atoms with van der Waals surface area (Å²) in [6.07, 6.45) is -0.160. The smallest absolute Gasteiger partial charge is 0.276 e. The van der Waals surface area contributed by atoms with Gasteiger partial charge in [0.2, 0.25) is 0 Å². The Kier molecular flexibility index (Phi) is 3.18. The molecule has 0 aromatic heterocycles. The summed E-state index contributed by atoms with van der Waals surface area (Å²) < 4.78 is 17.8. The van der Waals surface area contributed by atoms with E-state index < -0.39 is 16.4 Å². The second-order valence-corrected chi connectivity index (χ2v) is 2.71. The molecular weight excluding hydrogens is 203 g/mol. The number of nitro benzene ring substituents is 1. The van der Waals surface area contributed by atoms with E-state index in [0.29, 0.717) is 0 Å². The molecular formula is C9H7FN2O3. The first-order valence-corrected chi connectivity index (χ1v) is 3.98. The Morgan fingerprint density at radius 1 is 1.67 bits per heavy atom. The summed E-state index contributed by atoms with van der Waals surface area (Å²) in [6, 6.07) is 3.69. The van der Waals surface area contributed by atoms with E-state index >= 15 is 0 Å². The molecule has 0 aliphatic carbocycles. The van der Waals surface area contributed by atoms with E-state index in [1.54, 1.807) is 6.07 Å². The third-order valence-electron chi connectivity index (χ3n) is 1.82. The van der Waals surface area contributed by atoms with Gasteiger partial charge in [0.15, 0.2) is 11.6 Å². The molecule has 0 aliphatic heterocycles. The van der Waals surface area contributed by atoms with Gasteiger partial charge in [0.05, 0.1) is 30.6 Å². The molecule has 0 aliphatic rings. The van der Waals surface area contributed by atoms with Crippen molar-refractivity contribution in [2.75, 3.05) is 7.11 Å². The fraction of sp³-hybridized carbons (Fsp3) is 0.222. The quantitative estimate of drug-likeness (QED) is 0.563. The lowest BCUT2D eigenvalue weighted by Gasteiger charge is -2.04. The Bertz CT molecular complexity index is 440. The second kappa shape index (κ2) is 4.37. The topological polar surface area (TPSA) is 76.2 Å². The third-order valence-corrected chi connectivity index (χ3v) is 1.82. The van der Waals surface area contributed by atoms with Crippen LogP contribution >= 0.6 is 0 Å². The van der Waals surface area contributed by atoms with Gasteiger partial charge in [-0.1, -0.05) is 0 Å². The molecule has 0 amide bonds. The standard InChI is InChI=1S/C9H7FN2O3/c1-15-9-4-6(2-3-11)8(12(13)14)5-7(9)10/h4-5H,2H2,1H3. The monoisotopic (exact) mass is 210 g/mol. The zero-order valence-corrected chi connectivity index (χ0v) is 7.86. The fourth-order valence-electron chi connectivity index (χ4n) is 1.14. The van der Waals surface area contributed by atoms with Gasteiger partial charge < -0.3 is 4.74 Å². The van der Waals surface area contributed by atoms with Crippen molar-refractivity contribution in [3.05, 3.63) is 33.6 Å². The molecule has 0 heterocycles. The number of halogens is 1. The molecule has 0 N–H and O–H groups in total. The van der Waals surface area contributed by atoms with Crippen LogP contribution in [0.25, 0.3) is 0 Å². The van der Waals surface area contributed by atoms with Gasteiger partial charge in [-0.05, 0) is 6.07 Å². The SMILES string of the molecule is COc1cc(CC#N)c([N+](=O)[O-])cc1F. The van der Waals surface area contributed by atoms with Crippen molar-refractivity contribution in [3.8, 4) is 11.8 Å². The van der Waals surface area contributed by atoms with Gasteiger partial charge in [-0.3, -0.25) is 10.1 Å². The number of benzene rings is 1. The van der Waals surface area contributed by atoms with Crippen molar-refractivity contribution in [2.45, 2.75) is 6.42 Å². The number of hydrogen-bond acceptors (Lipinski definition) is 4. The van der Waals surface area contributed by atoms with Crippen molar-refractivity contribution in [3.63, 3.8) is 0 Å². The number of nitrogens with zero attached hydrogens (tertiary/aromatic N) is 2. The summed E-state index contributed by atoms with van der Waals surface area (Å²) >= 11 is 0. The van der Waals surface area contributed by atoms with E-state index in [-0.39, 0.29) is 17.7 Å². The minimum atomic E-state index is -0.814. The minimum Gasteiger partial charge on any atom is -0.494 e. The summed E-state index contributed by atoms with van der Waals surface area (Å²) in [7, 11) is 1.25. The van der Waals surface area contributed by atoms with Gasteiger partial charge in [-0.15, -0.1) is 0 Å². The number of rotatable bonds is 3. The maximum absolute atomic E-state index is 13.1. The van der Waals surface area contributed by atoms with Crippen LogP contribution in [0.2, 0.25) is 0 Å². The first kappa shape index (κ1) is 10.9. The van der Waals surface area contributed by atoms with E-state index in [1.165, 1.54) is 7.11 Å². The lowest BCUT2D eigenvalue weighted by atomic mass is 10.1. The van der Waals surface area contributed by atoms with E-state index in [1.807, 2.05) is 0 Å². The predicted molar refractivity (Wildman–Crippen MR) is 48.9 cm³/mol. The van der Waals surface area contributed by atoms with Crippen molar-refractivity contribution in [2.24, 2.45) is 0 Å². The molecule has 5 nitrogen and oxygen atoms in total. The van der Waals surface area contributed by atoms with Gasteiger partial charge in [0, 0.05) is 5.56 Å². The lowest BCUT2D eigenvalue weighted by Crippen LogP contribution is -1.98. The fourth-order valence-corrected chi connectivity index (χ4v) is 1.14. The highest BCUT2D eigenvalue weighted by molar-refractivity contribution is 5.47. The van der Waals surface area contributed by atoms with Crippen LogP contribution in [0.1, 0.15) is 5.56 Å². The molecule has 1 aromatic rings. The van der Waals surface area contributed by atoms with Crippen molar-refractivity contribution >= 4 is 5.69 Å². The average Bonchev–Trinajstić information content (AvgIpc) is 2.20. The van der Waals surface area contributed by atoms with Crippen LogP contribution in [0.15, 0.2) is 12.1 Å². The number of nitriles is 1. The number of hydrogen-bond donors (Lipinski definition) is 0. The lowest BCUT2D eigenvalue weighted by molar-refractivity contribution is -0.385. The maximum Gasteiger partial charge on any atom is 0.276 e. The molecule has 0 fully saturated rings. The van der Waals surface area contributed by atoms with Crippen molar-refractivity contribution in [1.29, 1.82) is 5.26 Å². The number of nitro groups is 1. The summed E-state index contributed by atoms with van der Waals surface area (Å²) in [5.41, 5.74) is -0.268. The zero-order chi connectivity index (χ0) is 11.4. The number of ether oxygens (including phenoxy) is 1. The highest BCUT2D eigenvalue weighted by atomic mass is 19.1. The van der Waals surface area contributed by atoms with Crippen LogP contribution in [0.5, 0.6) is 5.75 Å². The molecule has 78 valence electrons. The van der Waals surface area contributed by atoms with Crippen LogP contribution in [-0.4, -0.2) is 12.0 Å². The predicted octanol–water partition coefficient (Wildman–Crippen LogP) is 1.81. The molecule has 0 saturated heterocycles. The molecule has 0 atom stereocenters. The van der Waals surface area contributed by atoms with Gasteiger partial charge in [0.25, 0.3) is 5.69 Å². The molecule has 0 unspecified atom stereocenters. The van der Waals surface area contributed by atoms with Gasteiger partial charge in [-0.2, -0.15) is 5.26 Å². The van der Waals surface area contributed by atoms with E-state index in [0.717, 1.165) is 12.1 Å². The summed E-state index contributed by atoms with van der Waals surface area (Å²) in [4.78, 5) is 9.81. The Labute approximate surface area is 84.9 Å². The average molecular weight is 210 g/mol. The highest BCUT2D eigenvalue weighted by Crippen LogP contribution is 2.27. The Morgan fingerprint density at radius 3 is 2.80 bits per heavy atom. The van der Waals surface area contributed by atoms with E-state index in [9.17, 15) is 14.5 Å². The molecule has 0 saturated carbocycles. The minimum absolute atomic E-state index is 0.106. The molecule has 1 rings (SSSR count). The Hall–Kier alpha value is -2.16. The summed E-state index contributed by atoms with van der Waals surface area (Å²) in [6.45, 7) is 0. The Balaban J connectivity index is 3.33.